The molecule has 0 aromatic heterocycles. The predicted octanol–water partition coefficient (Wildman–Crippen LogP) is 2.70. The maximum atomic E-state index is 12.7. The third-order valence-corrected chi connectivity index (χ3v) is 8.28. The summed E-state index contributed by atoms with van der Waals surface area (Å²) in [4.78, 5) is 27.2. The Balaban J connectivity index is 1.32. The third-order valence-electron chi connectivity index (χ3n) is 6.37. The summed E-state index contributed by atoms with van der Waals surface area (Å²) in [5.74, 6) is -0.559. The van der Waals surface area contributed by atoms with Crippen LogP contribution >= 0.6 is 0 Å². The molecule has 0 radical (unpaired) electrons. The van der Waals surface area contributed by atoms with Crippen molar-refractivity contribution in [1.82, 2.24) is 14.5 Å². The zero-order valence-corrected chi connectivity index (χ0v) is 19.1. The minimum absolute atomic E-state index is 0.0158. The highest BCUT2D eigenvalue weighted by atomic mass is 32.2. The summed E-state index contributed by atoms with van der Waals surface area (Å²) in [6.07, 6.45) is 2.00. The van der Waals surface area contributed by atoms with Crippen molar-refractivity contribution in [3.63, 3.8) is 0 Å². The molecule has 0 saturated carbocycles. The Labute approximate surface area is 189 Å². The van der Waals surface area contributed by atoms with Gasteiger partial charge in [0.15, 0.2) is 0 Å². The zero-order chi connectivity index (χ0) is 22.7. The minimum Gasteiger partial charge on any atom is -0.352 e. The number of likely N-dealkylation sites (tertiary alicyclic amines) is 1. The maximum absolute atomic E-state index is 12.7. The standard InChI is InChI=1S/C24H29N3O4S/c1-18(20-7-3-2-4-8-20)27-17-21(15-23(27)28)24(29)25-16-19-9-11-22(12-10-19)32(30,31)26-13-5-6-14-26/h2-4,7-12,18,21H,5-6,13-17H2,1H3,(H,25,29). The molecule has 2 unspecified atom stereocenters. The molecule has 2 aliphatic heterocycles. The van der Waals surface area contributed by atoms with Gasteiger partial charge in [-0.25, -0.2) is 8.42 Å². The van der Waals surface area contributed by atoms with Crippen LogP contribution in [-0.2, 0) is 26.2 Å². The fourth-order valence-electron chi connectivity index (χ4n) is 4.38. The number of carbonyl (C=O) groups is 2. The monoisotopic (exact) mass is 455 g/mol. The number of rotatable bonds is 7. The lowest BCUT2D eigenvalue weighted by Gasteiger charge is -2.25. The molecule has 32 heavy (non-hydrogen) atoms. The first kappa shape index (κ1) is 22.5. The molecular formula is C24H29N3O4S. The van der Waals surface area contributed by atoms with Crippen LogP contribution in [0.2, 0.25) is 0 Å². The second-order valence-corrected chi connectivity index (χ2v) is 10.4. The molecule has 0 aliphatic carbocycles. The lowest BCUT2D eigenvalue weighted by molar-refractivity contribution is -0.130. The molecule has 2 heterocycles. The Bertz CT molecular complexity index is 1060. The van der Waals surface area contributed by atoms with Crippen molar-refractivity contribution in [2.75, 3.05) is 19.6 Å². The predicted molar refractivity (Wildman–Crippen MR) is 121 cm³/mol. The van der Waals surface area contributed by atoms with Crippen LogP contribution in [0.25, 0.3) is 0 Å². The summed E-state index contributed by atoms with van der Waals surface area (Å²) < 4.78 is 26.8. The summed E-state index contributed by atoms with van der Waals surface area (Å²) >= 11 is 0. The van der Waals surface area contributed by atoms with E-state index in [1.54, 1.807) is 29.2 Å². The zero-order valence-electron chi connectivity index (χ0n) is 18.2. The van der Waals surface area contributed by atoms with Gasteiger partial charge in [-0.05, 0) is 43.0 Å². The summed E-state index contributed by atoms with van der Waals surface area (Å²) in [7, 11) is -3.44. The normalized spacial score (nSPS) is 20.5. The molecule has 8 heteroatoms. The SMILES string of the molecule is CC(c1ccccc1)N1CC(C(=O)NCc2ccc(S(=O)(=O)N3CCCC3)cc2)CC1=O. The van der Waals surface area contributed by atoms with Crippen LogP contribution in [0, 0.1) is 5.92 Å². The summed E-state index contributed by atoms with van der Waals surface area (Å²) in [6, 6.07) is 16.4. The molecule has 0 bridgehead atoms. The van der Waals surface area contributed by atoms with Gasteiger partial charge in [-0.15, -0.1) is 0 Å². The van der Waals surface area contributed by atoms with Gasteiger partial charge in [0.1, 0.15) is 0 Å². The highest BCUT2D eigenvalue weighted by Crippen LogP contribution is 2.28. The van der Waals surface area contributed by atoms with Crippen LogP contribution in [0.4, 0.5) is 0 Å². The summed E-state index contributed by atoms with van der Waals surface area (Å²) in [5, 5.41) is 2.90. The first-order valence-corrected chi connectivity index (χ1v) is 12.5. The molecular weight excluding hydrogens is 426 g/mol. The van der Waals surface area contributed by atoms with Gasteiger partial charge in [0.2, 0.25) is 21.8 Å². The van der Waals surface area contributed by atoms with Crippen molar-refractivity contribution in [1.29, 1.82) is 0 Å². The molecule has 2 aromatic rings. The molecule has 2 aromatic carbocycles. The van der Waals surface area contributed by atoms with E-state index in [0.29, 0.717) is 26.2 Å². The molecule has 2 atom stereocenters. The smallest absolute Gasteiger partial charge is 0.243 e. The van der Waals surface area contributed by atoms with E-state index in [-0.39, 0.29) is 35.1 Å². The van der Waals surface area contributed by atoms with Gasteiger partial charge in [-0.3, -0.25) is 9.59 Å². The van der Waals surface area contributed by atoms with Crippen LogP contribution in [-0.4, -0.2) is 49.1 Å². The van der Waals surface area contributed by atoms with Crippen molar-refractivity contribution < 1.29 is 18.0 Å². The number of nitrogens with one attached hydrogen (secondary N) is 1. The summed E-state index contributed by atoms with van der Waals surface area (Å²) in [5.41, 5.74) is 1.86. The number of hydrogen-bond acceptors (Lipinski definition) is 4. The number of carbonyl (C=O) groups excluding carboxylic acids is 2. The lowest BCUT2D eigenvalue weighted by Crippen LogP contribution is -2.33. The van der Waals surface area contributed by atoms with Crippen LogP contribution in [0.1, 0.15) is 43.4 Å². The minimum atomic E-state index is -3.44. The molecule has 2 fully saturated rings. The maximum Gasteiger partial charge on any atom is 0.243 e. The van der Waals surface area contributed by atoms with Crippen molar-refractivity contribution >= 4 is 21.8 Å². The highest BCUT2D eigenvalue weighted by Gasteiger charge is 2.36. The number of hydrogen-bond donors (Lipinski definition) is 1. The fraction of sp³-hybridized carbons (Fsp3) is 0.417. The van der Waals surface area contributed by atoms with Crippen LogP contribution in [0.5, 0.6) is 0 Å². The van der Waals surface area contributed by atoms with E-state index in [9.17, 15) is 18.0 Å². The molecule has 2 saturated heterocycles. The van der Waals surface area contributed by atoms with Crippen LogP contribution < -0.4 is 5.32 Å². The average molecular weight is 456 g/mol. The van der Waals surface area contributed by atoms with E-state index in [2.05, 4.69) is 5.32 Å². The van der Waals surface area contributed by atoms with Gasteiger partial charge in [-0.2, -0.15) is 4.31 Å². The van der Waals surface area contributed by atoms with E-state index in [1.165, 1.54) is 4.31 Å². The van der Waals surface area contributed by atoms with Crippen molar-refractivity contribution in [3.05, 3.63) is 65.7 Å². The lowest BCUT2D eigenvalue weighted by atomic mass is 10.1. The molecule has 0 spiro atoms. The van der Waals surface area contributed by atoms with Gasteiger partial charge in [0.25, 0.3) is 0 Å². The van der Waals surface area contributed by atoms with Gasteiger partial charge >= 0.3 is 0 Å². The Morgan fingerprint density at radius 1 is 1.06 bits per heavy atom. The van der Waals surface area contributed by atoms with E-state index in [4.69, 9.17) is 0 Å². The highest BCUT2D eigenvalue weighted by molar-refractivity contribution is 7.89. The second-order valence-electron chi connectivity index (χ2n) is 8.51. The first-order valence-electron chi connectivity index (χ1n) is 11.1. The molecule has 2 amide bonds. The first-order chi connectivity index (χ1) is 15.4. The second kappa shape index (κ2) is 9.42. The Kier molecular flexibility index (Phi) is 6.62. The molecule has 1 N–H and O–H groups in total. The van der Waals surface area contributed by atoms with E-state index in [0.717, 1.165) is 24.0 Å². The van der Waals surface area contributed by atoms with Crippen LogP contribution in [0.3, 0.4) is 0 Å². The number of benzene rings is 2. The van der Waals surface area contributed by atoms with Gasteiger partial charge in [0, 0.05) is 32.6 Å². The number of amides is 2. The van der Waals surface area contributed by atoms with Crippen molar-refractivity contribution in [2.45, 2.75) is 43.7 Å². The topological polar surface area (TPSA) is 86.8 Å². The van der Waals surface area contributed by atoms with Crippen molar-refractivity contribution in [2.24, 2.45) is 5.92 Å². The van der Waals surface area contributed by atoms with Gasteiger partial charge in [0.05, 0.1) is 16.9 Å². The Morgan fingerprint density at radius 2 is 1.72 bits per heavy atom. The molecule has 170 valence electrons. The number of nitrogens with zero attached hydrogens (tertiary/aromatic N) is 2. The van der Waals surface area contributed by atoms with E-state index >= 15 is 0 Å². The largest absolute Gasteiger partial charge is 0.352 e. The van der Waals surface area contributed by atoms with E-state index in [1.807, 2.05) is 37.3 Å². The molecule has 4 rings (SSSR count). The molecule has 2 aliphatic rings. The van der Waals surface area contributed by atoms with Gasteiger partial charge in [-0.1, -0.05) is 42.5 Å². The Hall–Kier alpha value is -2.71. The average Bonchev–Trinajstić information content (AvgIpc) is 3.48. The van der Waals surface area contributed by atoms with Crippen molar-refractivity contribution in [3.8, 4) is 0 Å². The van der Waals surface area contributed by atoms with Gasteiger partial charge < -0.3 is 10.2 Å². The number of sulfonamides is 1. The third kappa shape index (κ3) is 4.71. The molecule has 7 nitrogen and oxygen atoms in total. The fourth-order valence-corrected chi connectivity index (χ4v) is 5.90. The quantitative estimate of drug-likeness (QED) is 0.696. The summed E-state index contributed by atoms with van der Waals surface area (Å²) in [6.45, 7) is 3.81. The Morgan fingerprint density at radius 3 is 2.38 bits per heavy atom. The van der Waals surface area contributed by atoms with E-state index < -0.39 is 10.0 Å². The van der Waals surface area contributed by atoms with Crippen LogP contribution in [0.15, 0.2) is 59.5 Å².